The van der Waals surface area contributed by atoms with Gasteiger partial charge >= 0.3 is 0 Å². The van der Waals surface area contributed by atoms with Crippen LogP contribution in [0.2, 0.25) is 0 Å². The molecule has 0 heterocycles. The first-order chi connectivity index (χ1) is 11.7. The zero-order valence-corrected chi connectivity index (χ0v) is 14.3. The molecule has 25 heavy (non-hydrogen) atoms. The summed E-state index contributed by atoms with van der Waals surface area (Å²) in [7, 11) is -3.37. The molecule has 0 saturated heterocycles. The van der Waals surface area contributed by atoms with Crippen LogP contribution in [0.25, 0.3) is 0 Å². The first-order valence-electron chi connectivity index (χ1n) is 7.34. The standard InChI is InChI=1S/C17H17FN2O4S/c1-25(23,24)15-8-2-12(3-9-15)17(22)20(11-10-16(19)21)14-6-4-13(18)5-7-14/h2-9H,10-11H2,1H3,(H2,19,21). The molecule has 0 fully saturated rings. The third-order valence-corrected chi connectivity index (χ3v) is 4.62. The Morgan fingerprint density at radius 3 is 2.08 bits per heavy atom. The topological polar surface area (TPSA) is 97.5 Å². The van der Waals surface area contributed by atoms with Crippen molar-refractivity contribution in [2.24, 2.45) is 5.73 Å². The van der Waals surface area contributed by atoms with Crippen LogP contribution in [0.4, 0.5) is 10.1 Å². The molecule has 0 bridgehead atoms. The molecule has 0 aliphatic rings. The molecule has 2 aromatic rings. The summed E-state index contributed by atoms with van der Waals surface area (Å²) in [6, 6.07) is 10.7. The predicted octanol–water partition coefficient (Wildman–Crippen LogP) is 1.75. The highest BCUT2D eigenvalue weighted by Gasteiger charge is 2.19. The molecule has 0 aliphatic heterocycles. The number of carbonyl (C=O) groups excluding carboxylic acids is 2. The molecule has 0 atom stereocenters. The molecular weight excluding hydrogens is 347 g/mol. The fourth-order valence-corrected chi connectivity index (χ4v) is 2.82. The van der Waals surface area contributed by atoms with Gasteiger partial charge in [0, 0.05) is 30.5 Å². The van der Waals surface area contributed by atoms with Crippen LogP contribution in [0.1, 0.15) is 16.8 Å². The van der Waals surface area contributed by atoms with Gasteiger partial charge in [0.05, 0.1) is 4.90 Å². The number of hydrogen-bond acceptors (Lipinski definition) is 4. The third-order valence-electron chi connectivity index (χ3n) is 3.49. The molecule has 2 amide bonds. The molecule has 2 N–H and O–H groups in total. The maximum Gasteiger partial charge on any atom is 0.258 e. The molecule has 0 radical (unpaired) electrons. The van der Waals surface area contributed by atoms with Gasteiger partial charge in [-0.1, -0.05) is 0 Å². The van der Waals surface area contributed by atoms with E-state index in [1.54, 1.807) is 0 Å². The van der Waals surface area contributed by atoms with Crippen LogP contribution in [0.3, 0.4) is 0 Å². The van der Waals surface area contributed by atoms with Crippen molar-refractivity contribution < 1.29 is 22.4 Å². The highest BCUT2D eigenvalue weighted by molar-refractivity contribution is 7.90. The van der Waals surface area contributed by atoms with E-state index in [9.17, 15) is 22.4 Å². The van der Waals surface area contributed by atoms with E-state index < -0.39 is 27.5 Å². The number of halogens is 1. The van der Waals surface area contributed by atoms with Gasteiger partial charge in [0.2, 0.25) is 5.91 Å². The number of primary amides is 1. The molecule has 132 valence electrons. The minimum atomic E-state index is -3.37. The second-order valence-corrected chi connectivity index (χ2v) is 7.46. The molecule has 8 heteroatoms. The van der Waals surface area contributed by atoms with Crippen molar-refractivity contribution in [2.75, 3.05) is 17.7 Å². The molecule has 0 aromatic heterocycles. The van der Waals surface area contributed by atoms with E-state index in [1.165, 1.54) is 53.4 Å². The third kappa shape index (κ3) is 4.87. The van der Waals surface area contributed by atoms with Crippen molar-refractivity contribution >= 4 is 27.3 Å². The summed E-state index contributed by atoms with van der Waals surface area (Å²) in [6.45, 7) is 0.0215. The van der Waals surface area contributed by atoms with Crippen LogP contribution >= 0.6 is 0 Å². The van der Waals surface area contributed by atoms with Crippen molar-refractivity contribution in [3.05, 3.63) is 59.9 Å². The monoisotopic (exact) mass is 364 g/mol. The van der Waals surface area contributed by atoms with Gasteiger partial charge in [-0.2, -0.15) is 0 Å². The molecular formula is C17H17FN2O4S. The lowest BCUT2D eigenvalue weighted by atomic mass is 10.1. The van der Waals surface area contributed by atoms with Gasteiger partial charge in [0.15, 0.2) is 9.84 Å². The highest BCUT2D eigenvalue weighted by Crippen LogP contribution is 2.19. The van der Waals surface area contributed by atoms with Gasteiger partial charge in [-0.25, -0.2) is 12.8 Å². The van der Waals surface area contributed by atoms with Crippen molar-refractivity contribution in [3.63, 3.8) is 0 Å². The van der Waals surface area contributed by atoms with Gasteiger partial charge in [-0.3, -0.25) is 9.59 Å². The van der Waals surface area contributed by atoms with Crippen LogP contribution in [0, 0.1) is 5.82 Å². The Bertz CT molecular complexity index is 878. The fourth-order valence-electron chi connectivity index (χ4n) is 2.19. The van der Waals surface area contributed by atoms with Gasteiger partial charge in [-0.05, 0) is 48.5 Å². The van der Waals surface area contributed by atoms with Crippen molar-refractivity contribution in [3.8, 4) is 0 Å². The van der Waals surface area contributed by atoms with Crippen LogP contribution in [-0.2, 0) is 14.6 Å². The Balaban J connectivity index is 2.34. The smallest absolute Gasteiger partial charge is 0.258 e. The van der Waals surface area contributed by atoms with Crippen molar-refractivity contribution in [2.45, 2.75) is 11.3 Å². The average molecular weight is 364 g/mol. The Hall–Kier alpha value is -2.74. The van der Waals surface area contributed by atoms with Crippen LogP contribution in [-0.4, -0.2) is 33.0 Å². The lowest BCUT2D eigenvalue weighted by Gasteiger charge is -2.22. The molecule has 0 unspecified atom stereocenters. The summed E-state index contributed by atoms with van der Waals surface area (Å²) < 4.78 is 36.1. The first kappa shape index (κ1) is 18.6. The SMILES string of the molecule is CS(=O)(=O)c1ccc(C(=O)N(CCC(N)=O)c2ccc(F)cc2)cc1. The van der Waals surface area contributed by atoms with E-state index in [0.29, 0.717) is 5.69 Å². The lowest BCUT2D eigenvalue weighted by Crippen LogP contribution is -2.34. The number of nitrogens with zero attached hydrogens (tertiary/aromatic N) is 1. The maximum atomic E-state index is 13.1. The van der Waals surface area contributed by atoms with Gasteiger partial charge in [0.25, 0.3) is 5.91 Å². The van der Waals surface area contributed by atoms with Crippen LogP contribution in [0.5, 0.6) is 0 Å². The van der Waals surface area contributed by atoms with Gasteiger partial charge in [0.1, 0.15) is 5.82 Å². The normalized spacial score (nSPS) is 11.1. The number of hydrogen-bond donors (Lipinski definition) is 1. The Labute approximate surface area is 145 Å². The van der Waals surface area contributed by atoms with Crippen molar-refractivity contribution in [1.29, 1.82) is 0 Å². The second-order valence-electron chi connectivity index (χ2n) is 5.45. The lowest BCUT2D eigenvalue weighted by molar-refractivity contribution is -0.117. The second kappa shape index (κ2) is 7.43. The first-order valence-corrected chi connectivity index (χ1v) is 9.23. The van der Waals surface area contributed by atoms with Crippen molar-refractivity contribution in [1.82, 2.24) is 0 Å². The molecule has 2 rings (SSSR count). The quantitative estimate of drug-likeness (QED) is 0.844. The number of carbonyl (C=O) groups is 2. The summed E-state index contributed by atoms with van der Waals surface area (Å²) >= 11 is 0. The number of amides is 2. The van der Waals surface area contributed by atoms with Gasteiger partial charge in [-0.15, -0.1) is 0 Å². The van der Waals surface area contributed by atoms with Crippen LogP contribution < -0.4 is 10.6 Å². The van der Waals surface area contributed by atoms with E-state index >= 15 is 0 Å². The molecule has 6 nitrogen and oxygen atoms in total. The molecule has 0 aliphatic carbocycles. The zero-order chi connectivity index (χ0) is 18.6. The van der Waals surface area contributed by atoms with E-state index in [4.69, 9.17) is 5.73 Å². The zero-order valence-electron chi connectivity index (χ0n) is 13.5. The number of nitrogens with two attached hydrogens (primary N) is 1. The Kier molecular flexibility index (Phi) is 5.53. The largest absolute Gasteiger partial charge is 0.370 e. The molecule has 2 aromatic carbocycles. The molecule has 0 spiro atoms. The number of sulfone groups is 1. The van der Waals surface area contributed by atoms with E-state index in [-0.39, 0.29) is 23.4 Å². The predicted molar refractivity (Wildman–Crippen MR) is 91.4 cm³/mol. The van der Waals surface area contributed by atoms with E-state index in [1.807, 2.05) is 0 Å². The van der Waals surface area contributed by atoms with Crippen LogP contribution in [0.15, 0.2) is 53.4 Å². The molecule has 0 saturated carbocycles. The Morgan fingerprint density at radius 1 is 1.04 bits per heavy atom. The van der Waals surface area contributed by atoms with Gasteiger partial charge < -0.3 is 10.6 Å². The Morgan fingerprint density at radius 2 is 1.60 bits per heavy atom. The minimum absolute atomic E-state index is 0.0215. The fraction of sp³-hybridized carbons (Fsp3) is 0.176. The average Bonchev–Trinajstić information content (AvgIpc) is 2.55. The maximum absolute atomic E-state index is 13.1. The number of benzene rings is 2. The summed E-state index contributed by atoms with van der Waals surface area (Å²) in [5, 5.41) is 0. The highest BCUT2D eigenvalue weighted by atomic mass is 32.2. The summed E-state index contributed by atoms with van der Waals surface area (Å²) in [6.07, 6.45) is 1.01. The summed E-state index contributed by atoms with van der Waals surface area (Å²) in [5.74, 6) is -1.48. The summed E-state index contributed by atoms with van der Waals surface area (Å²) in [4.78, 5) is 25.2. The van der Waals surface area contributed by atoms with E-state index in [2.05, 4.69) is 0 Å². The number of rotatable bonds is 6. The number of anilines is 1. The van der Waals surface area contributed by atoms with E-state index in [0.717, 1.165) is 6.26 Å². The minimum Gasteiger partial charge on any atom is -0.370 e. The summed E-state index contributed by atoms with van der Waals surface area (Å²) in [5.41, 5.74) is 5.79.